The third-order valence-corrected chi connectivity index (χ3v) is 5.70. The molecule has 108 valence electrons. The van der Waals surface area contributed by atoms with Crippen LogP contribution in [0.5, 0.6) is 0 Å². The van der Waals surface area contributed by atoms with Crippen LogP contribution in [0.25, 0.3) is 0 Å². The monoisotopic (exact) mass is 357 g/mol. The number of aryl methyl sites for hydroxylation is 2. The average molecular weight is 358 g/mol. The first kappa shape index (κ1) is 15.1. The fraction of sp³-hybridized carbons (Fsp3) is 0.308. The maximum atomic E-state index is 12.5. The number of halogens is 1. The Bertz CT molecular complexity index is 766. The van der Waals surface area contributed by atoms with Crippen LogP contribution in [0.1, 0.15) is 17.0 Å². The number of hydrogen-bond donors (Lipinski definition) is 1. The lowest BCUT2D eigenvalue weighted by Gasteiger charge is -2.11. The number of aromatic nitrogens is 2. The van der Waals surface area contributed by atoms with Crippen molar-refractivity contribution in [2.24, 2.45) is 7.05 Å². The van der Waals surface area contributed by atoms with Crippen LogP contribution in [0, 0.1) is 20.8 Å². The third kappa shape index (κ3) is 2.60. The van der Waals surface area contributed by atoms with Crippen molar-refractivity contribution in [2.75, 3.05) is 4.72 Å². The Hall–Kier alpha value is -1.34. The van der Waals surface area contributed by atoms with E-state index in [0.29, 0.717) is 17.1 Å². The van der Waals surface area contributed by atoms with E-state index in [1.807, 2.05) is 13.0 Å². The molecule has 0 fully saturated rings. The molecule has 0 amide bonds. The van der Waals surface area contributed by atoms with Crippen LogP contribution in [0.3, 0.4) is 0 Å². The first-order valence-corrected chi connectivity index (χ1v) is 8.30. The minimum Gasteiger partial charge on any atom is -0.279 e. The van der Waals surface area contributed by atoms with Gasteiger partial charge in [0.25, 0.3) is 10.0 Å². The van der Waals surface area contributed by atoms with Crippen molar-refractivity contribution >= 4 is 31.6 Å². The van der Waals surface area contributed by atoms with Gasteiger partial charge in [-0.1, -0.05) is 22.0 Å². The van der Waals surface area contributed by atoms with Crippen molar-refractivity contribution in [1.82, 2.24) is 9.78 Å². The fourth-order valence-electron chi connectivity index (χ4n) is 2.06. The lowest BCUT2D eigenvalue weighted by Crippen LogP contribution is -2.15. The summed E-state index contributed by atoms with van der Waals surface area (Å²) in [4.78, 5) is 0.236. The fourth-order valence-corrected chi connectivity index (χ4v) is 3.99. The van der Waals surface area contributed by atoms with Crippen molar-refractivity contribution in [3.63, 3.8) is 0 Å². The lowest BCUT2D eigenvalue weighted by molar-refractivity contribution is 0.599. The number of rotatable bonds is 3. The quantitative estimate of drug-likeness (QED) is 0.918. The number of sulfonamides is 1. The van der Waals surface area contributed by atoms with Gasteiger partial charge < -0.3 is 0 Å². The zero-order valence-corrected chi connectivity index (χ0v) is 14.1. The topological polar surface area (TPSA) is 64.0 Å². The Balaban J connectivity index is 2.49. The van der Waals surface area contributed by atoms with Crippen LogP contribution >= 0.6 is 15.9 Å². The van der Waals surface area contributed by atoms with Crippen molar-refractivity contribution < 1.29 is 8.42 Å². The second-order valence-electron chi connectivity index (χ2n) is 4.64. The molecule has 1 aromatic heterocycles. The van der Waals surface area contributed by atoms with E-state index in [4.69, 9.17) is 0 Å². The summed E-state index contributed by atoms with van der Waals surface area (Å²) < 4.78 is 30.1. The van der Waals surface area contributed by atoms with E-state index in [2.05, 4.69) is 25.8 Å². The zero-order valence-electron chi connectivity index (χ0n) is 11.7. The predicted molar refractivity (Wildman–Crippen MR) is 82.4 cm³/mol. The standard InChI is InChI=1S/C13H16BrN3O2S/c1-8-11(14)6-5-7-12(8)16-20(18,19)13-9(2)15-17(4)10(13)3/h5-7,16H,1-4H3. The van der Waals surface area contributed by atoms with Crippen LogP contribution in [-0.4, -0.2) is 18.2 Å². The summed E-state index contributed by atoms with van der Waals surface area (Å²) >= 11 is 3.39. The summed E-state index contributed by atoms with van der Waals surface area (Å²) in [6, 6.07) is 5.39. The summed E-state index contributed by atoms with van der Waals surface area (Å²) in [6.45, 7) is 5.28. The van der Waals surface area contributed by atoms with E-state index in [9.17, 15) is 8.42 Å². The largest absolute Gasteiger partial charge is 0.279 e. The second kappa shape index (κ2) is 5.21. The van der Waals surface area contributed by atoms with E-state index < -0.39 is 10.0 Å². The average Bonchev–Trinajstić information content (AvgIpc) is 2.59. The summed E-state index contributed by atoms with van der Waals surface area (Å²) in [5.74, 6) is 0. The molecule has 0 aliphatic rings. The number of nitrogens with one attached hydrogen (secondary N) is 1. The van der Waals surface area contributed by atoms with Crippen molar-refractivity contribution in [3.8, 4) is 0 Å². The molecule has 0 saturated carbocycles. The van der Waals surface area contributed by atoms with Gasteiger partial charge in [0.2, 0.25) is 0 Å². The van der Waals surface area contributed by atoms with Gasteiger partial charge in [-0.25, -0.2) is 8.42 Å². The van der Waals surface area contributed by atoms with Gasteiger partial charge in [0.1, 0.15) is 4.90 Å². The molecule has 5 nitrogen and oxygen atoms in total. The molecule has 0 atom stereocenters. The summed E-state index contributed by atoms with van der Waals surface area (Å²) in [5.41, 5.74) is 2.50. The third-order valence-electron chi connectivity index (χ3n) is 3.22. The Morgan fingerprint density at radius 3 is 2.45 bits per heavy atom. The number of nitrogens with zero attached hydrogens (tertiary/aromatic N) is 2. The molecular formula is C13H16BrN3O2S. The Morgan fingerprint density at radius 1 is 1.25 bits per heavy atom. The molecule has 1 N–H and O–H groups in total. The summed E-state index contributed by atoms with van der Waals surface area (Å²) in [5, 5.41) is 4.15. The first-order chi connectivity index (χ1) is 9.24. The minimum absolute atomic E-state index is 0.236. The summed E-state index contributed by atoms with van der Waals surface area (Å²) in [6.07, 6.45) is 0. The molecule has 1 heterocycles. The Labute approximate surface area is 127 Å². The zero-order chi connectivity index (χ0) is 15.1. The molecule has 0 saturated heterocycles. The van der Waals surface area contributed by atoms with Gasteiger partial charge in [0.05, 0.1) is 17.1 Å². The molecule has 0 radical (unpaired) electrons. The van der Waals surface area contributed by atoms with Gasteiger partial charge >= 0.3 is 0 Å². The van der Waals surface area contributed by atoms with E-state index in [0.717, 1.165) is 10.0 Å². The molecule has 0 aliphatic carbocycles. The maximum Gasteiger partial charge on any atom is 0.265 e. The van der Waals surface area contributed by atoms with Gasteiger partial charge in [-0.15, -0.1) is 0 Å². The highest BCUT2D eigenvalue weighted by atomic mass is 79.9. The van der Waals surface area contributed by atoms with Crippen LogP contribution in [0.15, 0.2) is 27.6 Å². The molecule has 1 aromatic carbocycles. The highest BCUT2D eigenvalue weighted by molar-refractivity contribution is 9.10. The molecule has 0 bridgehead atoms. The van der Waals surface area contributed by atoms with Gasteiger partial charge in [-0.3, -0.25) is 9.40 Å². The van der Waals surface area contributed by atoms with Gasteiger partial charge in [-0.2, -0.15) is 5.10 Å². The first-order valence-electron chi connectivity index (χ1n) is 6.02. The molecule has 0 unspecified atom stereocenters. The second-order valence-corrected chi connectivity index (χ2v) is 7.12. The smallest absolute Gasteiger partial charge is 0.265 e. The van der Waals surface area contributed by atoms with Crippen molar-refractivity contribution in [3.05, 3.63) is 39.6 Å². The van der Waals surface area contributed by atoms with E-state index in [-0.39, 0.29) is 4.90 Å². The minimum atomic E-state index is -3.65. The molecular weight excluding hydrogens is 342 g/mol. The normalized spacial score (nSPS) is 11.7. The molecule has 2 rings (SSSR count). The summed E-state index contributed by atoms with van der Waals surface area (Å²) in [7, 11) is -1.92. The molecule has 0 spiro atoms. The number of benzene rings is 1. The van der Waals surface area contributed by atoms with Crippen LogP contribution < -0.4 is 4.72 Å². The highest BCUT2D eigenvalue weighted by Crippen LogP contribution is 2.27. The van der Waals surface area contributed by atoms with E-state index in [1.165, 1.54) is 0 Å². The predicted octanol–water partition coefficient (Wildman–Crippen LogP) is 2.91. The maximum absolute atomic E-state index is 12.5. The van der Waals surface area contributed by atoms with E-state index in [1.54, 1.807) is 37.7 Å². The van der Waals surface area contributed by atoms with Crippen LogP contribution in [0.2, 0.25) is 0 Å². The Morgan fingerprint density at radius 2 is 1.90 bits per heavy atom. The number of anilines is 1. The number of hydrogen-bond acceptors (Lipinski definition) is 3. The SMILES string of the molecule is Cc1nn(C)c(C)c1S(=O)(=O)Nc1cccc(Br)c1C. The van der Waals surface area contributed by atoms with Gasteiger partial charge in [0, 0.05) is 11.5 Å². The van der Waals surface area contributed by atoms with Gasteiger partial charge in [0.15, 0.2) is 0 Å². The van der Waals surface area contributed by atoms with E-state index >= 15 is 0 Å². The lowest BCUT2D eigenvalue weighted by atomic mass is 10.2. The molecule has 20 heavy (non-hydrogen) atoms. The van der Waals surface area contributed by atoms with Crippen LogP contribution in [-0.2, 0) is 17.1 Å². The molecule has 7 heteroatoms. The van der Waals surface area contributed by atoms with Crippen molar-refractivity contribution in [2.45, 2.75) is 25.7 Å². The molecule has 2 aromatic rings. The van der Waals surface area contributed by atoms with Gasteiger partial charge in [-0.05, 0) is 38.5 Å². The van der Waals surface area contributed by atoms with Crippen molar-refractivity contribution in [1.29, 1.82) is 0 Å². The Kier molecular flexibility index (Phi) is 3.93. The van der Waals surface area contributed by atoms with Crippen LogP contribution in [0.4, 0.5) is 5.69 Å². The molecule has 0 aliphatic heterocycles. The highest BCUT2D eigenvalue weighted by Gasteiger charge is 2.24.